The van der Waals surface area contributed by atoms with E-state index in [1.165, 1.54) is 0 Å². The summed E-state index contributed by atoms with van der Waals surface area (Å²) in [6, 6.07) is 0. The van der Waals surface area contributed by atoms with Crippen molar-refractivity contribution in [1.29, 1.82) is 0 Å². The predicted octanol–water partition coefficient (Wildman–Crippen LogP) is 1.58. The third-order valence-corrected chi connectivity index (χ3v) is 4.20. The second-order valence-corrected chi connectivity index (χ2v) is 5.38. The minimum Gasteiger partial charge on any atom is -0.481 e. The number of hydrogen-bond acceptors (Lipinski definition) is 3. The molecular formula is C12H16ClN3O2. The zero-order valence-electron chi connectivity index (χ0n) is 10.0. The van der Waals surface area contributed by atoms with E-state index in [1.807, 2.05) is 4.57 Å². The quantitative estimate of drug-likeness (QED) is 0.855. The van der Waals surface area contributed by atoms with E-state index >= 15 is 0 Å². The number of aromatic nitrogens is 2. The largest absolute Gasteiger partial charge is 0.481 e. The van der Waals surface area contributed by atoms with E-state index in [2.05, 4.69) is 10.3 Å². The van der Waals surface area contributed by atoms with Crippen LogP contribution < -0.4 is 5.32 Å². The van der Waals surface area contributed by atoms with Gasteiger partial charge in [-0.05, 0) is 25.8 Å². The van der Waals surface area contributed by atoms with Gasteiger partial charge in [0, 0.05) is 19.0 Å². The van der Waals surface area contributed by atoms with Crippen molar-refractivity contribution in [2.24, 2.45) is 0 Å². The fourth-order valence-electron chi connectivity index (χ4n) is 3.04. The van der Waals surface area contributed by atoms with Crippen LogP contribution in [0.15, 0.2) is 0 Å². The highest BCUT2D eigenvalue weighted by Gasteiger charge is 2.34. The molecule has 0 saturated carbocycles. The highest BCUT2D eigenvalue weighted by Crippen LogP contribution is 2.36. The van der Waals surface area contributed by atoms with E-state index in [4.69, 9.17) is 11.6 Å². The van der Waals surface area contributed by atoms with Crippen LogP contribution in [0.4, 0.5) is 0 Å². The van der Waals surface area contributed by atoms with Crippen LogP contribution in [0, 0.1) is 0 Å². The van der Waals surface area contributed by atoms with Crippen molar-refractivity contribution in [3.8, 4) is 0 Å². The molecule has 6 heteroatoms. The molecule has 5 nitrogen and oxygen atoms in total. The van der Waals surface area contributed by atoms with Crippen molar-refractivity contribution in [1.82, 2.24) is 14.9 Å². The molecule has 18 heavy (non-hydrogen) atoms. The number of carboxylic acids is 1. The number of halogens is 1. The lowest BCUT2D eigenvalue weighted by atomic mass is 9.96. The highest BCUT2D eigenvalue weighted by atomic mass is 35.5. The van der Waals surface area contributed by atoms with Gasteiger partial charge in [0.2, 0.25) is 0 Å². The smallest absolute Gasteiger partial charge is 0.312 e. The second kappa shape index (κ2) is 4.55. The zero-order valence-corrected chi connectivity index (χ0v) is 10.8. The van der Waals surface area contributed by atoms with Crippen LogP contribution in [0.1, 0.15) is 42.6 Å². The number of carboxylic acid groups (broad SMARTS) is 1. The first-order chi connectivity index (χ1) is 8.68. The Labute approximate surface area is 110 Å². The third kappa shape index (κ3) is 1.82. The monoisotopic (exact) mass is 269 g/mol. The maximum atomic E-state index is 11.3. The first-order valence-corrected chi connectivity index (χ1v) is 6.75. The summed E-state index contributed by atoms with van der Waals surface area (Å²) in [4.78, 5) is 15.7. The second-order valence-electron chi connectivity index (χ2n) is 5.02. The Morgan fingerprint density at radius 1 is 1.50 bits per heavy atom. The van der Waals surface area contributed by atoms with Crippen molar-refractivity contribution in [2.45, 2.75) is 37.6 Å². The Balaban J connectivity index is 2.03. The highest BCUT2D eigenvalue weighted by molar-refractivity contribution is 6.30. The lowest BCUT2D eigenvalue weighted by Gasteiger charge is -2.23. The van der Waals surface area contributed by atoms with Gasteiger partial charge in [0.1, 0.15) is 11.7 Å². The molecule has 0 radical (unpaired) electrons. The molecule has 1 aromatic rings. The molecule has 3 rings (SSSR count). The van der Waals surface area contributed by atoms with Gasteiger partial charge in [-0.3, -0.25) is 4.79 Å². The molecule has 0 spiro atoms. The van der Waals surface area contributed by atoms with Gasteiger partial charge in [0.25, 0.3) is 0 Å². The molecule has 2 atom stereocenters. The summed E-state index contributed by atoms with van der Waals surface area (Å²) in [6.07, 6.45) is 2.58. The number of nitrogens with zero attached hydrogens (tertiary/aromatic N) is 2. The van der Waals surface area contributed by atoms with Gasteiger partial charge < -0.3 is 15.0 Å². The standard InChI is InChI=1S/C12H16ClN3O2/c13-10-9-8(12(17)18)2-1-5-16(9)11(15-10)7-3-4-14-6-7/h7-8,14H,1-6H2,(H,17,18). The molecule has 0 amide bonds. The SMILES string of the molecule is O=C(O)C1CCCn2c(C3CCNC3)nc(Cl)c21. The molecule has 2 N–H and O–H groups in total. The van der Waals surface area contributed by atoms with Crippen LogP contribution in [-0.4, -0.2) is 33.7 Å². The van der Waals surface area contributed by atoms with Gasteiger partial charge in [-0.25, -0.2) is 4.98 Å². The van der Waals surface area contributed by atoms with Gasteiger partial charge >= 0.3 is 5.97 Å². The Morgan fingerprint density at radius 2 is 2.33 bits per heavy atom. The fourth-order valence-corrected chi connectivity index (χ4v) is 3.36. The molecule has 1 fully saturated rings. The van der Waals surface area contributed by atoms with Gasteiger partial charge in [-0.2, -0.15) is 0 Å². The van der Waals surface area contributed by atoms with Crippen molar-refractivity contribution in [3.63, 3.8) is 0 Å². The minimum absolute atomic E-state index is 0.365. The number of rotatable bonds is 2. The first kappa shape index (κ1) is 12.0. The molecule has 0 aliphatic carbocycles. The molecule has 1 saturated heterocycles. The summed E-state index contributed by atoms with van der Waals surface area (Å²) < 4.78 is 2.04. The van der Waals surface area contributed by atoms with Crippen LogP contribution in [0.5, 0.6) is 0 Å². The number of hydrogen-bond donors (Lipinski definition) is 2. The van der Waals surface area contributed by atoms with E-state index in [9.17, 15) is 9.90 Å². The number of fused-ring (bicyclic) bond motifs is 1. The average molecular weight is 270 g/mol. The van der Waals surface area contributed by atoms with Crippen LogP contribution in [-0.2, 0) is 11.3 Å². The van der Waals surface area contributed by atoms with Crippen LogP contribution >= 0.6 is 11.6 Å². The zero-order chi connectivity index (χ0) is 12.7. The third-order valence-electron chi connectivity index (χ3n) is 3.92. The van der Waals surface area contributed by atoms with Gasteiger partial charge in [-0.15, -0.1) is 0 Å². The van der Waals surface area contributed by atoms with Gasteiger partial charge in [0.15, 0.2) is 5.15 Å². The summed E-state index contributed by atoms with van der Waals surface area (Å²) in [5.41, 5.74) is 0.706. The molecule has 3 heterocycles. The molecule has 98 valence electrons. The fraction of sp³-hybridized carbons (Fsp3) is 0.667. The lowest BCUT2D eigenvalue weighted by Crippen LogP contribution is -2.24. The Kier molecular flexibility index (Phi) is 3.03. The van der Waals surface area contributed by atoms with E-state index in [-0.39, 0.29) is 0 Å². The number of nitrogens with one attached hydrogen (secondary N) is 1. The van der Waals surface area contributed by atoms with E-state index in [1.54, 1.807) is 0 Å². The minimum atomic E-state index is -0.797. The number of carbonyl (C=O) groups is 1. The van der Waals surface area contributed by atoms with Crippen LogP contribution in [0.2, 0.25) is 5.15 Å². The van der Waals surface area contributed by atoms with Gasteiger partial charge in [0.05, 0.1) is 5.69 Å². The molecule has 2 aliphatic rings. The van der Waals surface area contributed by atoms with Crippen molar-refractivity contribution < 1.29 is 9.90 Å². The predicted molar refractivity (Wildman–Crippen MR) is 67.1 cm³/mol. The Morgan fingerprint density at radius 3 is 3.00 bits per heavy atom. The number of aliphatic carboxylic acids is 1. The Hall–Kier alpha value is -1.07. The molecule has 1 aromatic heterocycles. The summed E-state index contributed by atoms with van der Waals surface area (Å²) in [6.45, 7) is 2.74. The summed E-state index contributed by atoms with van der Waals surface area (Å²) >= 11 is 6.16. The topological polar surface area (TPSA) is 67.2 Å². The molecule has 0 bridgehead atoms. The van der Waals surface area contributed by atoms with Crippen LogP contribution in [0.3, 0.4) is 0 Å². The normalized spacial score (nSPS) is 27.2. The van der Waals surface area contributed by atoms with E-state index in [0.717, 1.165) is 38.3 Å². The van der Waals surface area contributed by atoms with Gasteiger partial charge in [-0.1, -0.05) is 11.6 Å². The summed E-state index contributed by atoms with van der Waals surface area (Å²) in [7, 11) is 0. The number of imidazole rings is 1. The first-order valence-electron chi connectivity index (χ1n) is 6.38. The molecule has 0 aromatic carbocycles. The summed E-state index contributed by atoms with van der Waals surface area (Å²) in [5.74, 6) is 0.0328. The van der Waals surface area contributed by atoms with Crippen LogP contribution in [0.25, 0.3) is 0 Å². The molecule has 2 aliphatic heterocycles. The average Bonchev–Trinajstić information content (AvgIpc) is 2.97. The maximum Gasteiger partial charge on any atom is 0.312 e. The molecule has 2 unspecified atom stereocenters. The van der Waals surface area contributed by atoms with Crippen molar-refractivity contribution in [3.05, 3.63) is 16.7 Å². The van der Waals surface area contributed by atoms with Crippen molar-refractivity contribution in [2.75, 3.05) is 13.1 Å². The Bertz CT molecular complexity index is 480. The molecular weight excluding hydrogens is 254 g/mol. The lowest BCUT2D eigenvalue weighted by molar-refractivity contribution is -0.139. The van der Waals surface area contributed by atoms with Crippen molar-refractivity contribution >= 4 is 17.6 Å². The van der Waals surface area contributed by atoms with E-state index in [0.29, 0.717) is 23.2 Å². The summed E-state index contributed by atoms with van der Waals surface area (Å²) in [5, 5.41) is 13.0. The maximum absolute atomic E-state index is 11.3. The van der Waals surface area contributed by atoms with E-state index < -0.39 is 11.9 Å².